The summed E-state index contributed by atoms with van der Waals surface area (Å²) in [7, 11) is -4.65. The lowest BCUT2D eigenvalue weighted by Gasteiger charge is -2.23. The summed E-state index contributed by atoms with van der Waals surface area (Å²) in [6.07, 6.45) is 0.376. The number of benzene rings is 4. The van der Waals surface area contributed by atoms with Crippen LogP contribution in [0.3, 0.4) is 0 Å². The van der Waals surface area contributed by atoms with Gasteiger partial charge in [0, 0.05) is 47.7 Å². The first-order chi connectivity index (χ1) is 17.8. The van der Waals surface area contributed by atoms with E-state index in [-0.39, 0.29) is 36.0 Å². The fraction of sp³-hybridized carbons (Fsp3) is 0.259. The molecule has 0 aromatic heterocycles. The number of ether oxygens (including phenoxy) is 2. The number of hydrogen-bond acceptors (Lipinski definition) is 6. The molecule has 0 N–H and O–H groups in total. The molecule has 1 heterocycles. The van der Waals surface area contributed by atoms with Crippen molar-refractivity contribution in [2.75, 3.05) is 40.4 Å². The maximum absolute atomic E-state index is 13.7. The van der Waals surface area contributed by atoms with Gasteiger partial charge in [0.25, 0.3) is 0 Å². The van der Waals surface area contributed by atoms with E-state index in [2.05, 4.69) is 0 Å². The quantitative estimate of drug-likeness (QED) is 0.366. The van der Waals surface area contributed by atoms with E-state index < -0.39 is 20.0 Å². The molecule has 4 aromatic carbocycles. The van der Waals surface area contributed by atoms with Gasteiger partial charge in [-0.2, -0.15) is 8.61 Å². The average Bonchev–Trinajstić information content (AvgIpc) is 3.19. The molecule has 4 aromatic rings. The summed E-state index contributed by atoms with van der Waals surface area (Å²) in [4.78, 5) is 0.364. The fourth-order valence-corrected chi connectivity index (χ4v) is 8.25. The van der Waals surface area contributed by atoms with Crippen molar-refractivity contribution in [1.29, 1.82) is 0 Å². The van der Waals surface area contributed by atoms with Gasteiger partial charge in [-0.1, -0.05) is 48.5 Å². The molecule has 0 aliphatic carbocycles. The maximum atomic E-state index is 13.7. The minimum absolute atomic E-state index is 0.0516. The van der Waals surface area contributed by atoms with Crippen LogP contribution in [0.2, 0.25) is 0 Å². The van der Waals surface area contributed by atoms with Crippen molar-refractivity contribution < 1.29 is 26.3 Å². The second-order valence-corrected chi connectivity index (χ2v) is 12.6. The van der Waals surface area contributed by atoms with Gasteiger partial charge < -0.3 is 9.47 Å². The summed E-state index contributed by atoms with van der Waals surface area (Å²) in [5.41, 5.74) is 0. The highest BCUT2D eigenvalue weighted by molar-refractivity contribution is 7.89. The van der Waals surface area contributed by atoms with Crippen LogP contribution in [-0.2, 0) is 20.0 Å². The molecule has 5 rings (SSSR count). The molecule has 0 atom stereocenters. The Morgan fingerprint density at radius 2 is 0.919 bits per heavy atom. The number of sulfonamides is 2. The van der Waals surface area contributed by atoms with Gasteiger partial charge in [0.2, 0.25) is 20.0 Å². The minimum atomic E-state index is -3.87. The van der Waals surface area contributed by atoms with Gasteiger partial charge in [0.1, 0.15) is 11.5 Å². The van der Waals surface area contributed by atoms with E-state index in [1.165, 1.54) is 8.61 Å². The average molecular weight is 541 g/mol. The lowest BCUT2D eigenvalue weighted by Crippen LogP contribution is -2.37. The van der Waals surface area contributed by atoms with Crippen LogP contribution in [0.5, 0.6) is 11.5 Å². The van der Waals surface area contributed by atoms with Crippen molar-refractivity contribution in [3.63, 3.8) is 0 Å². The second-order valence-electron chi connectivity index (χ2n) is 8.78. The van der Waals surface area contributed by atoms with Gasteiger partial charge in [-0.05, 0) is 30.7 Å². The van der Waals surface area contributed by atoms with Gasteiger partial charge in [0.15, 0.2) is 0 Å². The van der Waals surface area contributed by atoms with E-state index in [0.29, 0.717) is 39.5 Å². The van der Waals surface area contributed by atoms with E-state index in [0.717, 1.165) is 0 Å². The van der Waals surface area contributed by atoms with Crippen LogP contribution in [0.15, 0.2) is 82.6 Å². The molecule has 1 aliphatic heterocycles. The molecular formula is C27H28N2O6S2. The number of nitrogens with zero attached hydrogens (tertiary/aromatic N) is 2. The van der Waals surface area contributed by atoms with E-state index in [1.807, 2.05) is 24.3 Å². The zero-order valence-corrected chi connectivity index (χ0v) is 22.3. The Labute approximate surface area is 217 Å². The van der Waals surface area contributed by atoms with Gasteiger partial charge in [-0.25, -0.2) is 16.8 Å². The Kier molecular flexibility index (Phi) is 6.84. The predicted octanol–water partition coefficient (Wildman–Crippen LogP) is 4.10. The van der Waals surface area contributed by atoms with Crippen LogP contribution in [0.25, 0.3) is 21.5 Å². The normalized spacial score (nSPS) is 16.1. The highest BCUT2D eigenvalue weighted by Gasteiger charge is 2.33. The predicted molar refractivity (Wildman–Crippen MR) is 143 cm³/mol. The second kappa shape index (κ2) is 9.94. The molecule has 0 spiro atoms. The Bertz CT molecular complexity index is 1560. The molecule has 0 unspecified atom stereocenters. The lowest BCUT2D eigenvalue weighted by molar-refractivity contribution is 0.404. The zero-order valence-electron chi connectivity index (χ0n) is 20.6. The van der Waals surface area contributed by atoms with Crippen molar-refractivity contribution in [2.45, 2.75) is 16.2 Å². The molecule has 10 heteroatoms. The maximum Gasteiger partial charge on any atom is 0.243 e. The third-order valence-corrected chi connectivity index (χ3v) is 10.7. The van der Waals surface area contributed by atoms with Gasteiger partial charge in [-0.3, -0.25) is 0 Å². The first-order valence-corrected chi connectivity index (χ1v) is 14.8. The minimum Gasteiger partial charge on any atom is -0.496 e. The smallest absolute Gasteiger partial charge is 0.243 e. The fourth-order valence-electron chi connectivity index (χ4n) is 4.92. The lowest BCUT2D eigenvalue weighted by atomic mass is 10.1. The molecule has 194 valence electrons. The molecule has 1 fully saturated rings. The van der Waals surface area contributed by atoms with Crippen molar-refractivity contribution in [2.24, 2.45) is 0 Å². The van der Waals surface area contributed by atoms with Crippen LogP contribution in [-0.4, -0.2) is 65.8 Å². The van der Waals surface area contributed by atoms with Gasteiger partial charge in [-0.15, -0.1) is 0 Å². The number of methoxy groups -OCH3 is 2. The molecule has 0 amide bonds. The van der Waals surface area contributed by atoms with Crippen LogP contribution < -0.4 is 9.47 Å². The molecule has 0 bridgehead atoms. The summed E-state index contributed by atoms with van der Waals surface area (Å²) < 4.78 is 68.5. The molecular weight excluding hydrogens is 512 g/mol. The van der Waals surface area contributed by atoms with Crippen LogP contribution in [0, 0.1) is 0 Å². The standard InChI is InChI=1S/C27H28N2O6S2/c1-34-24-12-14-26(22-10-5-3-8-20(22)24)36(30,31)28-16-7-17-29(19-18-28)37(32,33)27-15-13-25(35-2)21-9-4-6-11-23(21)27/h3-6,8-15H,7,16-19H2,1-2H3. The molecule has 0 radical (unpaired) electrons. The number of fused-ring (bicyclic) bond motifs is 2. The molecule has 8 nitrogen and oxygen atoms in total. The van der Waals surface area contributed by atoms with E-state index in [1.54, 1.807) is 62.8 Å². The number of rotatable bonds is 6. The molecule has 0 saturated carbocycles. The summed E-state index contributed by atoms with van der Waals surface area (Å²) in [5.74, 6) is 1.18. The Morgan fingerprint density at radius 1 is 0.541 bits per heavy atom. The van der Waals surface area contributed by atoms with Gasteiger partial charge >= 0.3 is 0 Å². The summed E-state index contributed by atoms with van der Waals surface area (Å²) in [5, 5.41) is 2.55. The Hall–Kier alpha value is -3.18. The monoisotopic (exact) mass is 540 g/mol. The third kappa shape index (κ3) is 4.44. The topological polar surface area (TPSA) is 93.2 Å². The third-order valence-electron chi connectivity index (χ3n) is 6.78. The van der Waals surface area contributed by atoms with Crippen LogP contribution in [0.1, 0.15) is 6.42 Å². The highest BCUT2D eigenvalue weighted by Crippen LogP contribution is 2.34. The first-order valence-electron chi connectivity index (χ1n) is 11.9. The van der Waals surface area contributed by atoms with E-state index >= 15 is 0 Å². The zero-order chi connectivity index (χ0) is 26.2. The number of hydrogen-bond donors (Lipinski definition) is 0. The van der Waals surface area contributed by atoms with E-state index in [9.17, 15) is 16.8 Å². The van der Waals surface area contributed by atoms with Crippen molar-refractivity contribution >= 4 is 41.6 Å². The first kappa shape index (κ1) is 25.5. The molecule has 1 aliphatic rings. The van der Waals surface area contributed by atoms with Crippen molar-refractivity contribution in [3.05, 3.63) is 72.8 Å². The summed E-state index contributed by atoms with van der Waals surface area (Å²) >= 11 is 0. The van der Waals surface area contributed by atoms with E-state index in [4.69, 9.17) is 9.47 Å². The molecule has 37 heavy (non-hydrogen) atoms. The summed E-state index contributed by atoms with van der Waals surface area (Å²) in [6.45, 7) is 0.544. The van der Waals surface area contributed by atoms with Crippen molar-refractivity contribution in [1.82, 2.24) is 8.61 Å². The van der Waals surface area contributed by atoms with Gasteiger partial charge in [0.05, 0.1) is 24.0 Å². The SMILES string of the molecule is COc1ccc(S(=O)(=O)N2CCCN(S(=O)(=O)c3ccc(OC)c4ccccc34)CC2)c2ccccc12. The Balaban J connectivity index is 1.46. The Morgan fingerprint density at radius 3 is 1.30 bits per heavy atom. The van der Waals surface area contributed by atoms with Crippen LogP contribution >= 0.6 is 0 Å². The van der Waals surface area contributed by atoms with Crippen molar-refractivity contribution in [3.8, 4) is 11.5 Å². The highest BCUT2D eigenvalue weighted by atomic mass is 32.2. The molecule has 1 saturated heterocycles. The summed E-state index contributed by atoms with van der Waals surface area (Å²) in [6, 6.07) is 20.8. The largest absolute Gasteiger partial charge is 0.496 e. The van der Waals surface area contributed by atoms with Crippen LogP contribution in [0.4, 0.5) is 0 Å².